The summed E-state index contributed by atoms with van der Waals surface area (Å²) >= 11 is 0. The molecule has 0 unspecified atom stereocenters. The highest BCUT2D eigenvalue weighted by molar-refractivity contribution is 5.91. The molecule has 8 heteroatoms. The van der Waals surface area contributed by atoms with Crippen LogP contribution in [0.25, 0.3) is 10.8 Å². The predicted octanol–water partition coefficient (Wildman–Crippen LogP) is 2.65. The molecule has 3 aromatic rings. The Balaban J connectivity index is 1.30. The van der Waals surface area contributed by atoms with E-state index in [9.17, 15) is 14.4 Å². The molecule has 3 rings (SSSR count). The third-order valence-corrected chi connectivity index (χ3v) is 4.53. The lowest BCUT2D eigenvalue weighted by Gasteiger charge is -2.09. The Kier molecular flexibility index (Phi) is 7.54. The number of amides is 2. The molecule has 2 amide bonds. The minimum absolute atomic E-state index is 0.0740. The SMILES string of the molecule is O=C(CCCC(=O)Nc1ccccc1)NCCCNc1n[nH]c(=O)c2ccccc12. The van der Waals surface area contributed by atoms with Crippen LogP contribution in [0.15, 0.2) is 59.4 Å². The number of nitrogens with zero attached hydrogens (tertiary/aromatic N) is 1. The van der Waals surface area contributed by atoms with Crippen LogP contribution in [-0.2, 0) is 9.59 Å². The summed E-state index contributed by atoms with van der Waals surface area (Å²) in [7, 11) is 0. The molecule has 0 atom stereocenters. The van der Waals surface area contributed by atoms with Crippen LogP contribution >= 0.6 is 0 Å². The van der Waals surface area contributed by atoms with Gasteiger partial charge in [-0.15, -0.1) is 0 Å². The molecule has 0 aliphatic heterocycles. The standard InChI is InChI=1S/C22H25N5O3/c28-19(12-6-13-20(29)25-16-8-2-1-3-9-16)23-14-7-15-24-21-17-10-4-5-11-18(17)22(30)27-26-21/h1-5,8-11H,6-7,12-15H2,(H,23,28)(H,24,26)(H,25,29)(H,27,30). The summed E-state index contributed by atoms with van der Waals surface area (Å²) in [6, 6.07) is 16.5. The van der Waals surface area contributed by atoms with E-state index in [0.717, 1.165) is 11.1 Å². The molecule has 0 spiro atoms. The number of aromatic amines is 1. The molecule has 0 aliphatic carbocycles. The third-order valence-electron chi connectivity index (χ3n) is 4.53. The molecule has 30 heavy (non-hydrogen) atoms. The number of hydrogen-bond acceptors (Lipinski definition) is 5. The van der Waals surface area contributed by atoms with E-state index in [-0.39, 0.29) is 17.4 Å². The van der Waals surface area contributed by atoms with Crippen molar-refractivity contribution in [3.63, 3.8) is 0 Å². The number of carbonyl (C=O) groups excluding carboxylic acids is 2. The Labute approximate surface area is 174 Å². The van der Waals surface area contributed by atoms with Gasteiger partial charge in [-0.1, -0.05) is 36.4 Å². The fraction of sp³-hybridized carbons (Fsp3) is 0.273. The largest absolute Gasteiger partial charge is 0.368 e. The molecule has 0 saturated heterocycles. The maximum Gasteiger partial charge on any atom is 0.272 e. The van der Waals surface area contributed by atoms with Crippen molar-refractivity contribution in [3.8, 4) is 0 Å². The number of anilines is 2. The topological polar surface area (TPSA) is 116 Å². The maximum atomic E-state index is 11.9. The van der Waals surface area contributed by atoms with Gasteiger partial charge in [-0.25, -0.2) is 5.10 Å². The van der Waals surface area contributed by atoms with Gasteiger partial charge in [0.25, 0.3) is 5.56 Å². The molecule has 4 N–H and O–H groups in total. The summed E-state index contributed by atoms with van der Waals surface area (Å²) in [5, 5.41) is 16.7. The normalized spacial score (nSPS) is 10.5. The summed E-state index contributed by atoms with van der Waals surface area (Å²) in [4.78, 5) is 35.6. The zero-order valence-electron chi connectivity index (χ0n) is 16.6. The summed E-state index contributed by atoms with van der Waals surface area (Å²) in [5.74, 6) is 0.440. The van der Waals surface area contributed by atoms with Gasteiger partial charge in [0.15, 0.2) is 5.82 Å². The molecule has 0 bridgehead atoms. The van der Waals surface area contributed by atoms with E-state index >= 15 is 0 Å². The zero-order chi connectivity index (χ0) is 21.2. The van der Waals surface area contributed by atoms with Crippen molar-refractivity contribution in [2.75, 3.05) is 23.7 Å². The van der Waals surface area contributed by atoms with Crippen LogP contribution in [0.5, 0.6) is 0 Å². The second kappa shape index (κ2) is 10.8. The fourth-order valence-electron chi connectivity index (χ4n) is 3.02. The van der Waals surface area contributed by atoms with Crippen molar-refractivity contribution in [1.29, 1.82) is 0 Å². The lowest BCUT2D eigenvalue weighted by atomic mass is 10.2. The van der Waals surface area contributed by atoms with Crippen molar-refractivity contribution in [1.82, 2.24) is 15.5 Å². The minimum Gasteiger partial charge on any atom is -0.368 e. The lowest BCUT2D eigenvalue weighted by Crippen LogP contribution is -2.26. The Bertz CT molecular complexity index is 1050. The molecule has 0 fully saturated rings. The van der Waals surface area contributed by atoms with Gasteiger partial charge >= 0.3 is 0 Å². The quantitative estimate of drug-likeness (QED) is 0.386. The highest BCUT2D eigenvalue weighted by Crippen LogP contribution is 2.16. The number of aromatic nitrogens is 2. The number of carbonyl (C=O) groups is 2. The van der Waals surface area contributed by atoms with Crippen molar-refractivity contribution < 1.29 is 9.59 Å². The smallest absolute Gasteiger partial charge is 0.272 e. The van der Waals surface area contributed by atoms with Crippen molar-refractivity contribution in [3.05, 3.63) is 65.0 Å². The molecule has 0 saturated carbocycles. The maximum absolute atomic E-state index is 11.9. The zero-order valence-corrected chi connectivity index (χ0v) is 16.6. The summed E-state index contributed by atoms with van der Waals surface area (Å²) in [6.45, 7) is 1.12. The van der Waals surface area contributed by atoms with Gasteiger partial charge in [-0.2, -0.15) is 5.10 Å². The van der Waals surface area contributed by atoms with Gasteiger partial charge in [0.2, 0.25) is 11.8 Å². The fourth-order valence-corrected chi connectivity index (χ4v) is 3.02. The Morgan fingerprint density at radius 2 is 1.53 bits per heavy atom. The Hall–Kier alpha value is -3.68. The average molecular weight is 407 g/mol. The van der Waals surface area contributed by atoms with E-state index in [4.69, 9.17) is 0 Å². The van der Waals surface area contributed by atoms with Gasteiger partial charge in [-0.05, 0) is 31.0 Å². The summed E-state index contributed by atoms with van der Waals surface area (Å²) in [6.07, 6.45) is 1.81. The summed E-state index contributed by atoms with van der Waals surface area (Å²) in [5.41, 5.74) is 0.532. The first-order valence-electron chi connectivity index (χ1n) is 9.96. The molecular weight excluding hydrogens is 382 g/mol. The van der Waals surface area contributed by atoms with Gasteiger partial charge in [0, 0.05) is 37.0 Å². The van der Waals surface area contributed by atoms with Gasteiger partial charge < -0.3 is 16.0 Å². The lowest BCUT2D eigenvalue weighted by molar-refractivity contribution is -0.121. The number of H-pyrrole nitrogens is 1. The van der Waals surface area contributed by atoms with E-state index in [1.54, 1.807) is 6.07 Å². The molecule has 2 aromatic carbocycles. The molecule has 8 nitrogen and oxygen atoms in total. The van der Waals surface area contributed by atoms with Crippen molar-refractivity contribution in [2.24, 2.45) is 0 Å². The first kappa shape index (κ1) is 21.0. The number of hydrogen-bond donors (Lipinski definition) is 4. The van der Waals surface area contributed by atoms with Crippen LogP contribution in [0.1, 0.15) is 25.7 Å². The second-order valence-corrected chi connectivity index (χ2v) is 6.84. The average Bonchev–Trinajstić information content (AvgIpc) is 2.76. The van der Waals surface area contributed by atoms with Crippen molar-refractivity contribution in [2.45, 2.75) is 25.7 Å². The predicted molar refractivity (Wildman–Crippen MR) is 117 cm³/mol. The monoisotopic (exact) mass is 407 g/mol. The van der Waals surface area contributed by atoms with E-state index in [2.05, 4.69) is 26.1 Å². The highest BCUT2D eigenvalue weighted by Gasteiger charge is 2.07. The van der Waals surface area contributed by atoms with Crippen molar-refractivity contribution >= 4 is 34.1 Å². The first-order valence-corrected chi connectivity index (χ1v) is 9.96. The molecule has 1 aromatic heterocycles. The van der Waals surface area contributed by atoms with E-state index < -0.39 is 0 Å². The number of para-hydroxylation sites is 1. The van der Waals surface area contributed by atoms with Crippen LogP contribution in [-0.4, -0.2) is 35.1 Å². The molecule has 0 radical (unpaired) electrons. The molecule has 0 aliphatic rings. The molecule has 1 heterocycles. The number of nitrogens with one attached hydrogen (secondary N) is 4. The number of rotatable bonds is 10. The third kappa shape index (κ3) is 6.16. The van der Waals surface area contributed by atoms with Gasteiger partial charge in [0.1, 0.15) is 0 Å². The van der Waals surface area contributed by atoms with Crippen LogP contribution < -0.4 is 21.5 Å². The van der Waals surface area contributed by atoms with Crippen LogP contribution in [0.2, 0.25) is 0 Å². The van der Waals surface area contributed by atoms with Crippen LogP contribution in [0.3, 0.4) is 0 Å². The first-order chi connectivity index (χ1) is 14.6. The Morgan fingerprint density at radius 3 is 2.33 bits per heavy atom. The summed E-state index contributed by atoms with van der Waals surface area (Å²) < 4.78 is 0. The highest BCUT2D eigenvalue weighted by atomic mass is 16.2. The van der Waals surface area contributed by atoms with E-state index in [0.29, 0.717) is 50.0 Å². The number of benzene rings is 2. The minimum atomic E-state index is -0.221. The Morgan fingerprint density at radius 1 is 0.833 bits per heavy atom. The van der Waals surface area contributed by atoms with Gasteiger partial charge in [-0.3, -0.25) is 14.4 Å². The molecule has 156 valence electrons. The van der Waals surface area contributed by atoms with Crippen LogP contribution in [0, 0.1) is 0 Å². The molecular formula is C22H25N5O3. The van der Waals surface area contributed by atoms with Crippen LogP contribution in [0.4, 0.5) is 11.5 Å². The van der Waals surface area contributed by atoms with E-state index in [1.165, 1.54) is 0 Å². The second-order valence-electron chi connectivity index (χ2n) is 6.84. The van der Waals surface area contributed by atoms with Gasteiger partial charge in [0.05, 0.1) is 5.39 Å². The van der Waals surface area contributed by atoms with E-state index in [1.807, 2.05) is 48.5 Å². The number of fused-ring (bicyclic) bond motifs is 1.